The Morgan fingerprint density at radius 1 is 1.38 bits per heavy atom. The number of nitrogens with one attached hydrogen (secondary N) is 2. The van der Waals surface area contributed by atoms with Crippen LogP contribution in [0.15, 0.2) is 23.1 Å². The van der Waals surface area contributed by atoms with Crippen molar-refractivity contribution >= 4 is 21.5 Å². The Bertz CT molecular complexity index is 759. The average Bonchev–Trinajstić information content (AvgIpc) is 2.82. The largest absolute Gasteiger partial charge is 0.394 e. The number of benzene rings is 1. The topological polar surface area (TPSA) is 101 Å². The predicted octanol–water partition coefficient (Wildman–Crippen LogP) is 2.02. The van der Waals surface area contributed by atoms with Crippen molar-refractivity contribution in [2.24, 2.45) is 0 Å². The predicted molar refractivity (Wildman–Crippen MR) is 74.2 cm³/mol. The number of H-pyrrole nitrogens is 1. The maximum absolute atomic E-state index is 13.8. The van der Waals surface area contributed by atoms with Crippen molar-refractivity contribution in [1.82, 2.24) is 10.2 Å². The molecule has 0 saturated heterocycles. The molecule has 0 aliphatic heterocycles. The van der Waals surface area contributed by atoms with Crippen LogP contribution in [0.1, 0.15) is 19.0 Å². The summed E-state index contributed by atoms with van der Waals surface area (Å²) >= 11 is 0. The standard InChI is InChI=1S/C12H14F2N4O2S/c1-2-3-7-6-10(17-16-7)18-21(19,20)9-5-4-8(13)12(15)11(9)14/h4-6H,2-3,15H2,1H3,(H2,16,17,18). The molecule has 1 aromatic heterocycles. The number of nitrogens with two attached hydrogens (primary N) is 1. The summed E-state index contributed by atoms with van der Waals surface area (Å²) < 4.78 is 53.1. The van der Waals surface area contributed by atoms with Crippen molar-refractivity contribution in [2.45, 2.75) is 24.7 Å². The Hall–Kier alpha value is -2.16. The quantitative estimate of drug-likeness (QED) is 0.735. The SMILES string of the molecule is CCCc1cc(NS(=O)(=O)c2ccc(F)c(N)c2F)n[nH]1. The van der Waals surface area contributed by atoms with Gasteiger partial charge in [-0.05, 0) is 18.6 Å². The minimum atomic E-state index is -4.24. The minimum Gasteiger partial charge on any atom is -0.394 e. The highest BCUT2D eigenvalue weighted by atomic mass is 32.2. The highest BCUT2D eigenvalue weighted by molar-refractivity contribution is 7.92. The van der Waals surface area contributed by atoms with Crippen LogP contribution in [0.2, 0.25) is 0 Å². The lowest BCUT2D eigenvalue weighted by molar-refractivity contribution is 0.557. The third-order valence-electron chi connectivity index (χ3n) is 2.77. The smallest absolute Gasteiger partial charge is 0.266 e. The number of nitrogen functional groups attached to an aromatic ring is 1. The van der Waals surface area contributed by atoms with Crippen molar-refractivity contribution in [2.75, 3.05) is 10.5 Å². The van der Waals surface area contributed by atoms with Crippen molar-refractivity contribution in [1.29, 1.82) is 0 Å². The molecule has 9 heteroatoms. The van der Waals surface area contributed by atoms with Crippen LogP contribution in [-0.2, 0) is 16.4 Å². The van der Waals surface area contributed by atoms with Gasteiger partial charge in [0.25, 0.3) is 10.0 Å². The molecule has 21 heavy (non-hydrogen) atoms. The van der Waals surface area contributed by atoms with Gasteiger partial charge < -0.3 is 5.73 Å². The van der Waals surface area contributed by atoms with Gasteiger partial charge in [-0.25, -0.2) is 17.2 Å². The second-order valence-electron chi connectivity index (χ2n) is 4.41. The normalized spacial score (nSPS) is 11.6. The van der Waals surface area contributed by atoms with Gasteiger partial charge in [-0.1, -0.05) is 13.3 Å². The first kappa shape index (κ1) is 15.2. The van der Waals surface area contributed by atoms with Gasteiger partial charge in [0.2, 0.25) is 0 Å². The lowest BCUT2D eigenvalue weighted by Crippen LogP contribution is -2.16. The first-order chi connectivity index (χ1) is 9.85. The maximum atomic E-state index is 13.8. The van der Waals surface area contributed by atoms with Crippen LogP contribution in [0.25, 0.3) is 0 Å². The van der Waals surface area contributed by atoms with Gasteiger partial charge in [-0.2, -0.15) is 5.10 Å². The number of aromatic nitrogens is 2. The summed E-state index contributed by atoms with van der Waals surface area (Å²) in [5.41, 5.74) is 5.06. The summed E-state index contributed by atoms with van der Waals surface area (Å²) in [4.78, 5) is -0.735. The Morgan fingerprint density at radius 3 is 2.76 bits per heavy atom. The number of hydrogen-bond acceptors (Lipinski definition) is 4. The Labute approximate surface area is 120 Å². The van der Waals surface area contributed by atoms with E-state index in [9.17, 15) is 17.2 Å². The number of anilines is 2. The van der Waals surface area contributed by atoms with Gasteiger partial charge >= 0.3 is 0 Å². The van der Waals surface area contributed by atoms with Crippen molar-refractivity contribution in [3.8, 4) is 0 Å². The third kappa shape index (κ3) is 3.13. The van der Waals surface area contributed by atoms with Gasteiger partial charge in [0.1, 0.15) is 16.4 Å². The molecule has 0 radical (unpaired) electrons. The number of aryl methyl sites for hydroxylation is 1. The second-order valence-corrected chi connectivity index (χ2v) is 6.06. The Morgan fingerprint density at radius 2 is 2.10 bits per heavy atom. The van der Waals surface area contributed by atoms with Crippen LogP contribution in [0, 0.1) is 11.6 Å². The average molecular weight is 316 g/mol. The van der Waals surface area contributed by atoms with E-state index >= 15 is 0 Å². The summed E-state index contributed by atoms with van der Waals surface area (Å²) in [7, 11) is -4.24. The molecule has 1 heterocycles. The number of halogens is 2. The van der Waals surface area contributed by atoms with Gasteiger partial charge in [0.15, 0.2) is 11.6 Å². The summed E-state index contributed by atoms with van der Waals surface area (Å²) in [5.74, 6) is -2.32. The number of hydrogen-bond donors (Lipinski definition) is 3. The van der Waals surface area contributed by atoms with E-state index in [4.69, 9.17) is 5.73 Å². The molecule has 0 spiro atoms. The molecule has 4 N–H and O–H groups in total. The second kappa shape index (κ2) is 5.68. The van der Waals surface area contributed by atoms with Crippen LogP contribution >= 0.6 is 0 Å². The fourth-order valence-electron chi connectivity index (χ4n) is 1.76. The van der Waals surface area contributed by atoms with Crippen LogP contribution < -0.4 is 10.5 Å². The number of aromatic amines is 1. The molecule has 0 unspecified atom stereocenters. The van der Waals surface area contributed by atoms with E-state index in [1.807, 2.05) is 6.92 Å². The van der Waals surface area contributed by atoms with E-state index < -0.39 is 32.2 Å². The number of sulfonamides is 1. The molecule has 6 nitrogen and oxygen atoms in total. The molecule has 2 aromatic rings. The van der Waals surface area contributed by atoms with E-state index in [2.05, 4.69) is 14.9 Å². The molecule has 2 rings (SSSR count). The summed E-state index contributed by atoms with van der Waals surface area (Å²) in [6.07, 6.45) is 1.56. The fourth-order valence-corrected chi connectivity index (χ4v) is 2.84. The first-order valence-electron chi connectivity index (χ1n) is 6.15. The van der Waals surface area contributed by atoms with E-state index in [0.29, 0.717) is 6.42 Å². The highest BCUT2D eigenvalue weighted by Gasteiger charge is 2.23. The molecule has 0 amide bonds. The van der Waals surface area contributed by atoms with Crippen LogP contribution in [0.3, 0.4) is 0 Å². The van der Waals surface area contributed by atoms with E-state index in [1.165, 1.54) is 6.07 Å². The van der Waals surface area contributed by atoms with Crippen molar-refractivity contribution in [3.05, 3.63) is 35.5 Å². The zero-order valence-electron chi connectivity index (χ0n) is 11.2. The molecule has 0 saturated carbocycles. The zero-order valence-corrected chi connectivity index (χ0v) is 12.0. The van der Waals surface area contributed by atoms with Crippen molar-refractivity contribution in [3.63, 3.8) is 0 Å². The molecule has 114 valence electrons. The summed E-state index contributed by atoms with van der Waals surface area (Å²) in [6.45, 7) is 1.96. The Kier molecular flexibility index (Phi) is 4.12. The van der Waals surface area contributed by atoms with E-state index in [0.717, 1.165) is 24.2 Å². The van der Waals surface area contributed by atoms with Crippen LogP contribution in [0.4, 0.5) is 20.3 Å². The van der Waals surface area contributed by atoms with Gasteiger partial charge in [0.05, 0.1) is 0 Å². The third-order valence-corrected chi connectivity index (χ3v) is 4.14. The molecule has 0 fully saturated rings. The highest BCUT2D eigenvalue weighted by Crippen LogP contribution is 2.24. The maximum Gasteiger partial charge on any atom is 0.266 e. The van der Waals surface area contributed by atoms with E-state index in [-0.39, 0.29) is 5.82 Å². The van der Waals surface area contributed by atoms with Crippen LogP contribution in [-0.4, -0.2) is 18.6 Å². The molecule has 0 aliphatic carbocycles. The Balaban J connectivity index is 2.32. The lowest BCUT2D eigenvalue weighted by Gasteiger charge is -2.08. The summed E-state index contributed by atoms with van der Waals surface area (Å²) in [6, 6.07) is 3.11. The lowest BCUT2D eigenvalue weighted by atomic mass is 10.2. The van der Waals surface area contributed by atoms with Gasteiger partial charge in [-0.3, -0.25) is 9.82 Å². The molecule has 0 aliphatic rings. The monoisotopic (exact) mass is 316 g/mol. The van der Waals surface area contributed by atoms with Crippen LogP contribution in [0.5, 0.6) is 0 Å². The van der Waals surface area contributed by atoms with E-state index in [1.54, 1.807) is 0 Å². The summed E-state index contributed by atoms with van der Waals surface area (Å²) in [5, 5.41) is 6.43. The fraction of sp³-hybridized carbons (Fsp3) is 0.250. The molecular weight excluding hydrogens is 302 g/mol. The van der Waals surface area contributed by atoms with Gasteiger partial charge in [-0.15, -0.1) is 0 Å². The first-order valence-corrected chi connectivity index (χ1v) is 7.64. The molecule has 0 atom stereocenters. The molecular formula is C12H14F2N4O2S. The number of rotatable bonds is 5. The van der Waals surface area contributed by atoms with Gasteiger partial charge in [0, 0.05) is 11.8 Å². The molecule has 1 aromatic carbocycles. The zero-order chi connectivity index (χ0) is 15.6. The molecule has 0 bridgehead atoms. The number of nitrogens with zero attached hydrogens (tertiary/aromatic N) is 1. The minimum absolute atomic E-state index is 0.0285. The van der Waals surface area contributed by atoms with Crippen molar-refractivity contribution < 1.29 is 17.2 Å².